The first-order chi connectivity index (χ1) is 5.42. The molecule has 1 atom stereocenters. The van der Waals surface area contributed by atoms with Crippen LogP contribution in [0.3, 0.4) is 0 Å². The number of allylic oxidation sites excluding steroid dienone is 2. The standard InChI is InChI=1S/C10H17N/c1-2-9-5-3-6-10-7-4-8-11(9)10/h2,10H,3-8H2,1H3/b9-2+. The van der Waals surface area contributed by atoms with Crippen molar-refractivity contribution in [3.8, 4) is 0 Å². The first-order valence-electron chi connectivity index (χ1n) is 4.83. The lowest BCUT2D eigenvalue weighted by Gasteiger charge is -2.33. The molecule has 0 saturated carbocycles. The van der Waals surface area contributed by atoms with Gasteiger partial charge >= 0.3 is 0 Å². The molecule has 2 fully saturated rings. The van der Waals surface area contributed by atoms with Crippen LogP contribution in [-0.2, 0) is 0 Å². The van der Waals surface area contributed by atoms with Crippen LogP contribution in [0.2, 0.25) is 0 Å². The molecule has 2 aliphatic rings. The van der Waals surface area contributed by atoms with Crippen molar-refractivity contribution in [3.05, 3.63) is 11.8 Å². The van der Waals surface area contributed by atoms with Crippen LogP contribution in [0, 0.1) is 0 Å². The lowest BCUT2D eigenvalue weighted by Crippen LogP contribution is -2.32. The van der Waals surface area contributed by atoms with E-state index in [-0.39, 0.29) is 0 Å². The molecule has 0 N–H and O–H groups in total. The number of hydrogen-bond donors (Lipinski definition) is 0. The molecule has 11 heavy (non-hydrogen) atoms. The summed E-state index contributed by atoms with van der Waals surface area (Å²) in [6.45, 7) is 3.50. The van der Waals surface area contributed by atoms with Crippen LogP contribution < -0.4 is 0 Å². The highest BCUT2D eigenvalue weighted by molar-refractivity contribution is 5.07. The van der Waals surface area contributed by atoms with E-state index in [0.29, 0.717) is 0 Å². The highest BCUT2D eigenvalue weighted by Gasteiger charge is 2.28. The van der Waals surface area contributed by atoms with Crippen molar-refractivity contribution < 1.29 is 0 Å². The van der Waals surface area contributed by atoms with Crippen molar-refractivity contribution in [1.29, 1.82) is 0 Å². The average molecular weight is 151 g/mol. The molecule has 0 aromatic carbocycles. The third kappa shape index (κ3) is 1.17. The quantitative estimate of drug-likeness (QED) is 0.514. The maximum Gasteiger partial charge on any atom is 0.0287 e. The fourth-order valence-corrected chi connectivity index (χ4v) is 2.49. The average Bonchev–Trinajstić information content (AvgIpc) is 2.50. The first kappa shape index (κ1) is 7.20. The summed E-state index contributed by atoms with van der Waals surface area (Å²) in [6, 6.07) is 0.912. The van der Waals surface area contributed by atoms with E-state index in [1.54, 1.807) is 5.70 Å². The van der Waals surface area contributed by atoms with Gasteiger partial charge in [-0.3, -0.25) is 0 Å². The van der Waals surface area contributed by atoms with Crippen molar-refractivity contribution >= 4 is 0 Å². The summed E-state index contributed by atoms with van der Waals surface area (Å²) in [5, 5.41) is 0. The fourth-order valence-electron chi connectivity index (χ4n) is 2.49. The lowest BCUT2D eigenvalue weighted by molar-refractivity contribution is 0.254. The fraction of sp³-hybridized carbons (Fsp3) is 0.800. The van der Waals surface area contributed by atoms with E-state index in [1.165, 1.54) is 38.6 Å². The Morgan fingerprint density at radius 1 is 1.36 bits per heavy atom. The van der Waals surface area contributed by atoms with Gasteiger partial charge in [-0.1, -0.05) is 6.08 Å². The molecule has 1 unspecified atom stereocenters. The zero-order chi connectivity index (χ0) is 7.68. The number of fused-ring (bicyclic) bond motifs is 1. The van der Waals surface area contributed by atoms with E-state index >= 15 is 0 Å². The molecule has 1 nitrogen and oxygen atoms in total. The molecule has 62 valence electrons. The summed E-state index contributed by atoms with van der Waals surface area (Å²) in [7, 11) is 0. The van der Waals surface area contributed by atoms with Crippen LogP contribution in [-0.4, -0.2) is 17.5 Å². The molecule has 1 heteroatoms. The van der Waals surface area contributed by atoms with Gasteiger partial charge in [-0.25, -0.2) is 0 Å². The molecule has 0 aromatic heterocycles. The van der Waals surface area contributed by atoms with Crippen molar-refractivity contribution in [2.45, 2.75) is 45.1 Å². The monoisotopic (exact) mass is 151 g/mol. The van der Waals surface area contributed by atoms with Gasteiger partial charge in [-0.2, -0.15) is 0 Å². The van der Waals surface area contributed by atoms with E-state index in [2.05, 4.69) is 17.9 Å². The van der Waals surface area contributed by atoms with Gasteiger partial charge in [0.25, 0.3) is 0 Å². The van der Waals surface area contributed by atoms with Crippen molar-refractivity contribution in [3.63, 3.8) is 0 Å². The van der Waals surface area contributed by atoms with Crippen LogP contribution in [0.15, 0.2) is 11.8 Å². The smallest absolute Gasteiger partial charge is 0.0287 e. The first-order valence-corrected chi connectivity index (χ1v) is 4.83. The minimum Gasteiger partial charge on any atom is -0.372 e. The largest absolute Gasteiger partial charge is 0.372 e. The summed E-state index contributed by atoms with van der Waals surface area (Å²) in [4.78, 5) is 2.63. The second kappa shape index (κ2) is 2.88. The number of hydrogen-bond acceptors (Lipinski definition) is 1. The molecule has 2 heterocycles. The molecule has 2 aliphatic heterocycles. The van der Waals surface area contributed by atoms with Gasteiger partial charge in [-0.15, -0.1) is 0 Å². The van der Waals surface area contributed by atoms with Crippen LogP contribution >= 0.6 is 0 Å². The lowest BCUT2D eigenvalue weighted by atomic mass is 10.0. The Morgan fingerprint density at radius 3 is 3.00 bits per heavy atom. The maximum atomic E-state index is 2.63. The highest BCUT2D eigenvalue weighted by atomic mass is 15.2. The minimum atomic E-state index is 0.912. The molecule has 0 spiro atoms. The zero-order valence-electron chi connectivity index (χ0n) is 7.34. The topological polar surface area (TPSA) is 3.24 Å². The van der Waals surface area contributed by atoms with Crippen molar-refractivity contribution in [1.82, 2.24) is 4.90 Å². The van der Waals surface area contributed by atoms with Gasteiger partial charge in [0, 0.05) is 18.3 Å². The predicted molar refractivity (Wildman–Crippen MR) is 47.3 cm³/mol. The second-order valence-electron chi connectivity index (χ2n) is 3.66. The third-order valence-corrected chi connectivity index (χ3v) is 3.05. The normalized spacial score (nSPS) is 34.5. The minimum absolute atomic E-state index is 0.912. The Bertz CT molecular complexity index is 172. The Balaban J connectivity index is 2.12. The Kier molecular flexibility index (Phi) is 1.89. The molecule has 0 radical (unpaired) electrons. The van der Waals surface area contributed by atoms with Crippen LogP contribution in [0.5, 0.6) is 0 Å². The molecular weight excluding hydrogens is 134 g/mol. The van der Waals surface area contributed by atoms with E-state index in [0.717, 1.165) is 6.04 Å². The Morgan fingerprint density at radius 2 is 2.18 bits per heavy atom. The summed E-state index contributed by atoms with van der Waals surface area (Å²) >= 11 is 0. The van der Waals surface area contributed by atoms with Crippen LogP contribution in [0.4, 0.5) is 0 Å². The summed E-state index contributed by atoms with van der Waals surface area (Å²) < 4.78 is 0. The van der Waals surface area contributed by atoms with Gasteiger partial charge in [0.2, 0.25) is 0 Å². The molecule has 0 aromatic rings. The van der Waals surface area contributed by atoms with E-state index in [4.69, 9.17) is 0 Å². The van der Waals surface area contributed by atoms with E-state index < -0.39 is 0 Å². The number of nitrogens with zero attached hydrogens (tertiary/aromatic N) is 1. The van der Waals surface area contributed by atoms with Crippen LogP contribution in [0.25, 0.3) is 0 Å². The molecule has 0 amide bonds. The van der Waals surface area contributed by atoms with Crippen molar-refractivity contribution in [2.24, 2.45) is 0 Å². The Labute approximate surface area is 69.1 Å². The SMILES string of the molecule is C/C=C1\CCCC2CCCN12. The van der Waals surface area contributed by atoms with E-state index in [1.807, 2.05) is 0 Å². The summed E-state index contributed by atoms with van der Waals surface area (Å²) in [5.41, 5.74) is 1.61. The molecule has 0 bridgehead atoms. The van der Waals surface area contributed by atoms with Gasteiger partial charge in [-0.05, 0) is 39.0 Å². The van der Waals surface area contributed by atoms with Crippen molar-refractivity contribution in [2.75, 3.05) is 6.54 Å². The van der Waals surface area contributed by atoms with E-state index in [9.17, 15) is 0 Å². The van der Waals surface area contributed by atoms with Gasteiger partial charge < -0.3 is 4.90 Å². The zero-order valence-corrected chi connectivity index (χ0v) is 7.34. The summed E-state index contributed by atoms with van der Waals surface area (Å²) in [6.07, 6.45) is 9.35. The van der Waals surface area contributed by atoms with Gasteiger partial charge in [0.05, 0.1) is 0 Å². The molecule has 2 saturated heterocycles. The van der Waals surface area contributed by atoms with Gasteiger partial charge in [0.1, 0.15) is 0 Å². The second-order valence-corrected chi connectivity index (χ2v) is 3.66. The number of rotatable bonds is 0. The highest BCUT2D eigenvalue weighted by Crippen LogP contribution is 2.32. The van der Waals surface area contributed by atoms with Crippen LogP contribution in [0.1, 0.15) is 39.0 Å². The maximum absolute atomic E-state index is 2.63. The summed E-state index contributed by atoms with van der Waals surface area (Å²) in [5.74, 6) is 0. The predicted octanol–water partition coefficient (Wildman–Crippen LogP) is 2.54. The Hall–Kier alpha value is -0.460. The molecule has 2 rings (SSSR count). The number of piperidine rings is 1. The molecular formula is C10H17N. The molecule has 0 aliphatic carbocycles. The van der Waals surface area contributed by atoms with Gasteiger partial charge in [0.15, 0.2) is 0 Å². The third-order valence-electron chi connectivity index (χ3n) is 3.05.